The van der Waals surface area contributed by atoms with Gasteiger partial charge in [-0.2, -0.15) is 5.10 Å². The van der Waals surface area contributed by atoms with Crippen LogP contribution in [0.3, 0.4) is 0 Å². The molecule has 38 heavy (non-hydrogen) atoms. The smallest absolute Gasteiger partial charge is 0.268 e. The van der Waals surface area contributed by atoms with E-state index >= 15 is 0 Å². The van der Waals surface area contributed by atoms with Gasteiger partial charge in [-0.15, -0.1) is 4.72 Å². The van der Waals surface area contributed by atoms with Crippen molar-refractivity contribution in [1.29, 1.82) is 0 Å². The van der Waals surface area contributed by atoms with E-state index in [4.69, 9.17) is 21.3 Å². The third-order valence-corrected chi connectivity index (χ3v) is 10.8. The van der Waals surface area contributed by atoms with Crippen LogP contribution in [-0.4, -0.2) is 60.5 Å². The molecule has 0 bridgehead atoms. The Hall–Kier alpha value is -1.76. The molecule has 3 atom stereocenters. The predicted octanol–water partition coefficient (Wildman–Crippen LogP) is 3.90. The third-order valence-electron chi connectivity index (χ3n) is 7.63. The van der Waals surface area contributed by atoms with Crippen LogP contribution < -0.4 is 15.2 Å². The summed E-state index contributed by atoms with van der Waals surface area (Å²) < 4.78 is 25.3. The van der Waals surface area contributed by atoms with Crippen LogP contribution in [0.2, 0.25) is 5.02 Å². The van der Waals surface area contributed by atoms with E-state index in [-0.39, 0.29) is 27.9 Å². The first-order chi connectivity index (χ1) is 17.9. The Morgan fingerprint density at radius 3 is 2.63 bits per heavy atom. The van der Waals surface area contributed by atoms with Crippen LogP contribution in [-0.2, 0) is 30.2 Å². The maximum absolute atomic E-state index is 13.3. The molecular formula is C26H35ClN6O3S2. The van der Waals surface area contributed by atoms with E-state index in [1.54, 1.807) is 22.5 Å². The highest BCUT2D eigenvalue weighted by molar-refractivity contribution is 7.99. The first-order valence-electron chi connectivity index (χ1n) is 12.8. The lowest BCUT2D eigenvalue weighted by Gasteiger charge is -2.43. The fourth-order valence-electron chi connectivity index (χ4n) is 5.34. The minimum Gasteiger partial charge on any atom is -0.598 e. The zero-order valence-electron chi connectivity index (χ0n) is 22.7. The molecule has 5 rings (SSSR count). The molecule has 2 aliphatic heterocycles. The molecule has 12 heteroatoms. The Labute approximate surface area is 235 Å². The van der Waals surface area contributed by atoms with Crippen LogP contribution >= 0.6 is 23.4 Å². The molecule has 1 unspecified atom stereocenters. The van der Waals surface area contributed by atoms with E-state index in [0.717, 1.165) is 41.7 Å². The van der Waals surface area contributed by atoms with E-state index in [0.29, 0.717) is 22.5 Å². The van der Waals surface area contributed by atoms with Crippen molar-refractivity contribution in [2.45, 2.75) is 67.2 Å². The standard InChI is InChI=1S/C26H35ClN6O3S2/c1-16-22(30-38(35)25(2,3)4)26(15-36-16)9-11-33(12-10-26)24-28-13-20(23(34)32(24)6)37-19-8-7-18-17(21(19)27)14-31(5)29-18/h7-8,13-14,16,22,30H,9-12,15H2,1-6H3/t16-,22+,38?/m0/s1. The molecule has 0 aliphatic carbocycles. The largest absolute Gasteiger partial charge is 0.598 e. The van der Waals surface area contributed by atoms with Crippen LogP contribution in [0.15, 0.2) is 39.1 Å². The lowest BCUT2D eigenvalue weighted by molar-refractivity contribution is 0.0972. The number of aromatic nitrogens is 4. The van der Waals surface area contributed by atoms with Gasteiger partial charge < -0.3 is 14.2 Å². The summed E-state index contributed by atoms with van der Waals surface area (Å²) in [5, 5.41) is 5.82. The van der Waals surface area contributed by atoms with E-state index in [1.807, 2.05) is 46.1 Å². The second-order valence-electron chi connectivity index (χ2n) is 11.3. The summed E-state index contributed by atoms with van der Waals surface area (Å²) >= 11 is 6.79. The second-order valence-corrected chi connectivity index (χ2v) is 14.8. The molecule has 0 saturated carbocycles. The molecule has 0 radical (unpaired) electrons. The van der Waals surface area contributed by atoms with E-state index < -0.39 is 11.4 Å². The summed E-state index contributed by atoms with van der Waals surface area (Å²) in [7, 11) is 3.62. The van der Waals surface area contributed by atoms with Crippen LogP contribution in [0.5, 0.6) is 0 Å². The first kappa shape index (κ1) is 27.8. The molecular weight excluding hydrogens is 544 g/mol. The second kappa shape index (κ2) is 10.3. The van der Waals surface area contributed by atoms with Crippen LogP contribution in [0.4, 0.5) is 5.95 Å². The van der Waals surface area contributed by atoms with Gasteiger partial charge in [-0.1, -0.05) is 23.4 Å². The van der Waals surface area contributed by atoms with Crippen LogP contribution in [0.1, 0.15) is 40.5 Å². The van der Waals surface area contributed by atoms with Crippen molar-refractivity contribution in [1.82, 2.24) is 24.1 Å². The van der Waals surface area contributed by atoms with Crippen molar-refractivity contribution in [3.05, 3.63) is 39.9 Å². The average molecular weight is 579 g/mol. The van der Waals surface area contributed by atoms with Gasteiger partial charge >= 0.3 is 0 Å². The van der Waals surface area contributed by atoms with Gasteiger partial charge in [-0.3, -0.25) is 14.0 Å². The lowest BCUT2D eigenvalue weighted by atomic mass is 9.73. The average Bonchev–Trinajstić information content (AvgIpc) is 3.39. The van der Waals surface area contributed by atoms with Crippen molar-refractivity contribution in [2.24, 2.45) is 19.5 Å². The summed E-state index contributed by atoms with van der Waals surface area (Å²) in [6, 6.07) is 3.82. The number of benzene rings is 1. The van der Waals surface area contributed by atoms with Gasteiger partial charge in [0, 0.05) is 60.4 Å². The van der Waals surface area contributed by atoms with Crippen molar-refractivity contribution in [3.8, 4) is 0 Å². The summed E-state index contributed by atoms with van der Waals surface area (Å²) in [4.78, 5) is 21.5. The fraction of sp³-hybridized carbons (Fsp3) is 0.577. The molecule has 4 heterocycles. The van der Waals surface area contributed by atoms with Gasteiger partial charge in [0.05, 0.1) is 40.4 Å². The maximum atomic E-state index is 13.3. The van der Waals surface area contributed by atoms with Crippen LogP contribution in [0, 0.1) is 5.41 Å². The van der Waals surface area contributed by atoms with Gasteiger partial charge in [-0.25, -0.2) is 4.98 Å². The van der Waals surface area contributed by atoms with Crippen molar-refractivity contribution in [2.75, 3.05) is 24.6 Å². The van der Waals surface area contributed by atoms with Crippen molar-refractivity contribution in [3.63, 3.8) is 0 Å². The Bertz CT molecular complexity index is 1400. The molecule has 3 aromatic rings. The number of nitrogens with zero attached hydrogens (tertiary/aromatic N) is 5. The topological polar surface area (TPSA) is 100 Å². The Morgan fingerprint density at radius 2 is 1.95 bits per heavy atom. The van der Waals surface area contributed by atoms with E-state index in [9.17, 15) is 9.35 Å². The molecule has 2 fully saturated rings. The number of rotatable bonds is 5. The highest BCUT2D eigenvalue weighted by Crippen LogP contribution is 2.43. The van der Waals surface area contributed by atoms with Crippen molar-refractivity contribution < 1.29 is 9.29 Å². The number of fused-ring (bicyclic) bond motifs is 1. The van der Waals surface area contributed by atoms with Gasteiger partial charge in [-0.05, 0) is 52.7 Å². The molecule has 206 valence electrons. The predicted molar refractivity (Wildman–Crippen MR) is 153 cm³/mol. The summed E-state index contributed by atoms with van der Waals surface area (Å²) in [6.07, 6.45) is 5.24. The normalized spacial score (nSPS) is 22.5. The molecule has 2 aromatic heterocycles. The highest BCUT2D eigenvalue weighted by Gasteiger charge is 2.52. The number of halogens is 1. The molecule has 1 aromatic carbocycles. The Morgan fingerprint density at radius 1 is 1.24 bits per heavy atom. The fourth-order valence-corrected chi connectivity index (χ4v) is 7.59. The van der Waals surface area contributed by atoms with Gasteiger partial charge in [0.1, 0.15) is 4.75 Å². The first-order valence-corrected chi connectivity index (χ1v) is 15.1. The quantitative estimate of drug-likeness (QED) is 0.455. The lowest BCUT2D eigenvalue weighted by Crippen LogP contribution is -2.57. The summed E-state index contributed by atoms with van der Waals surface area (Å²) in [5.74, 6) is 0.651. The zero-order chi connectivity index (χ0) is 27.4. The minimum absolute atomic E-state index is 0.00986. The summed E-state index contributed by atoms with van der Waals surface area (Å²) in [6.45, 7) is 10.1. The van der Waals surface area contributed by atoms with Crippen molar-refractivity contribution >= 4 is 51.6 Å². The van der Waals surface area contributed by atoms with Gasteiger partial charge in [0.15, 0.2) is 0 Å². The van der Waals surface area contributed by atoms with Gasteiger partial charge in [0.25, 0.3) is 5.56 Å². The molecule has 0 amide bonds. The molecule has 9 nitrogen and oxygen atoms in total. The SMILES string of the molecule is C[C@@H]1OCC2(CCN(c3ncc(Sc4ccc5nn(C)cc5c4Cl)c(=O)n3C)CC2)[C@@H]1N[S+]([O-])C(C)(C)C. The van der Waals surface area contributed by atoms with Crippen LogP contribution in [0.25, 0.3) is 10.9 Å². The summed E-state index contributed by atoms with van der Waals surface area (Å²) in [5.41, 5.74) is 0.614. The highest BCUT2D eigenvalue weighted by atomic mass is 35.5. The number of aryl methyl sites for hydroxylation is 1. The molecule has 2 saturated heterocycles. The van der Waals surface area contributed by atoms with Gasteiger partial charge in [0.2, 0.25) is 5.95 Å². The molecule has 1 spiro atoms. The number of hydrogen-bond donors (Lipinski definition) is 1. The number of piperidine rings is 1. The minimum atomic E-state index is -1.17. The number of ether oxygens (including phenoxy) is 1. The number of anilines is 1. The third kappa shape index (κ3) is 5.09. The molecule has 1 N–H and O–H groups in total. The zero-order valence-corrected chi connectivity index (χ0v) is 25.0. The number of hydrogen-bond acceptors (Lipinski definition) is 8. The van der Waals surface area contributed by atoms with E-state index in [2.05, 4.69) is 21.6 Å². The Balaban J connectivity index is 1.32. The maximum Gasteiger partial charge on any atom is 0.268 e. The molecule has 2 aliphatic rings. The van der Waals surface area contributed by atoms with E-state index in [1.165, 1.54) is 11.8 Å². The number of nitrogens with one attached hydrogen (secondary N) is 1. The monoisotopic (exact) mass is 578 g/mol. The Kier molecular flexibility index (Phi) is 7.56.